The lowest BCUT2D eigenvalue weighted by atomic mass is 9.98. The summed E-state index contributed by atoms with van der Waals surface area (Å²) >= 11 is 0. The van der Waals surface area contributed by atoms with E-state index in [0.29, 0.717) is 12.5 Å². The molecule has 27 heavy (non-hydrogen) atoms. The number of benzene rings is 2. The Labute approximate surface area is 163 Å². The van der Waals surface area contributed by atoms with Gasteiger partial charge >= 0.3 is 0 Å². The quantitative estimate of drug-likeness (QED) is 0.854. The monoisotopic (exact) mass is 366 g/mol. The van der Waals surface area contributed by atoms with Crippen LogP contribution < -0.4 is 15.1 Å². The highest BCUT2D eigenvalue weighted by Crippen LogP contribution is 2.27. The molecule has 1 aliphatic rings. The number of para-hydroxylation sites is 2. The smallest absolute Gasteiger partial charge is 0.279 e. The second-order valence-corrected chi connectivity index (χ2v) is 7.94. The zero-order valence-electron chi connectivity index (χ0n) is 17.0. The molecule has 0 aromatic heterocycles. The van der Waals surface area contributed by atoms with Crippen LogP contribution in [0.2, 0.25) is 0 Å². The molecule has 2 aromatic rings. The fourth-order valence-corrected chi connectivity index (χ4v) is 3.91. The Morgan fingerprint density at radius 3 is 2.37 bits per heavy atom. The average Bonchev–Trinajstić information content (AvgIpc) is 2.64. The summed E-state index contributed by atoms with van der Waals surface area (Å²) < 4.78 is 0. The van der Waals surface area contributed by atoms with E-state index < -0.39 is 0 Å². The van der Waals surface area contributed by atoms with Crippen molar-refractivity contribution in [3.8, 4) is 0 Å². The summed E-state index contributed by atoms with van der Waals surface area (Å²) in [6, 6.07) is 14.8. The molecule has 4 heteroatoms. The predicted octanol–water partition coefficient (Wildman–Crippen LogP) is 2.77. The third kappa shape index (κ3) is 4.69. The lowest BCUT2D eigenvalue weighted by Crippen LogP contribution is -3.15. The Kier molecular flexibility index (Phi) is 6.17. The van der Waals surface area contributed by atoms with Crippen LogP contribution in [0.25, 0.3) is 0 Å². The van der Waals surface area contributed by atoms with E-state index in [9.17, 15) is 4.79 Å². The van der Waals surface area contributed by atoms with E-state index >= 15 is 0 Å². The molecule has 144 valence electrons. The van der Waals surface area contributed by atoms with Gasteiger partial charge in [0.1, 0.15) is 0 Å². The summed E-state index contributed by atoms with van der Waals surface area (Å²) in [5.74, 6) is 0.510. The number of amides is 1. The first-order chi connectivity index (χ1) is 13.0. The molecule has 2 aromatic carbocycles. The zero-order chi connectivity index (χ0) is 19.4. The number of aryl methyl sites for hydroxylation is 2. The van der Waals surface area contributed by atoms with E-state index in [-0.39, 0.29) is 5.91 Å². The van der Waals surface area contributed by atoms with Crippen LogP contribution in [0.5, 0.6) is 0 Å². The summed E-state index contributed by atoms with van der Waals surface area (Å²) in [4.78, 5) is 16.5. The number of hydrogen-bond donors (Lipinski definition) is 2. The number of carbonyl (C=O) groups excluding carboxylic acids is 1. The maximum atomic E-state index is 12.7. The second kappa shape index (κ2) is 8.57. The van der Waals surface area contributed by atoms with Gasteiger partial charge in [0.15, 0.2) is 6.54 Å². The minimum Gasteiger partial charge on any atom is -0.360 e. The lowest BCUT2D eigenvalue weighted by molar-refractivity contribution is -0.892. The van der Waals surface area contributed by atoms with Crippen LogP contribution in [0.1, 0.15) is 36.5 Å². The SMILES string of the molecule is Cc1ccccc1N1CC[NH+](CC(=O)Nc2c(C)cccc2C(C)C)CC1. The largest absolute Gasteiger partial charge is 0.360 e. The maximum Gasteiger partial charge on any atom is 0.279 e. The fourth-order valence-electron chi connectivity index (χ4n) is 3.91. The number of carbonyl (C=O) groups is 1. The molecule has 0 aliphatic carbocycles. The summed E-state index contributed by atoms with van der Waals surface area (Å²) in [7, 11) is 0. The molecular weight excluding hydrogens is 334 g/mol. The van der Waals surface area contributed by atoms with Crippen LogP contribution in [-0.4, -0.2) is 38.6 Å². The summed E-state index contributed by atoms with van der Waals surface area (Å²) in [5.41, 5.74) is 5.98. The lowest BCUT2D eigenvalue weighted by Gasteiger charge is -2.34. The van der Waals surface area contributed by atoms with Gasteiger partial charge in [0, 0.05) is 11.4 Å². The number of rotatable bonds is 5. The Balaban J connectivity index is 1.57. The summed E-state index contributed by atoms with van der Waals surface area (Å²) in [5, 5.41) is 3.19. The molecule has 0 bridgehead atoms. The minimum absolute atomic E-state index is 0.116. The molecule has 3 rings (SSSR count). The van der Waals surface area contributed by atoms with Gasteiger partial charge < -0.3 is 15.1 Å². The van der Waals surface area contributed by atoms with Crippen molar-refractivity contribution in [2.75, 3.05) is 42.9 Å². The van der Waals surface area contributed by atoms with Gasteiger partial charge in [-0.1, -0.05) is 50.2 Å². The predicted molar refractivity (Wildman–Crippen MR) is 113 cm³/mol. The standard InChI is InChI=1S/C23H31N3O/c1-17(2)20-10-7-9-19(4)23(20)24-22(27)16-25-12-14-26(15-13-25)21-11-6-5-8-18(21)3/h5-11,17H,12-16H2,1-4H3,(H,24,27)/p+1. The molecule has 1 heterocycles. The van der Waals surface area contributed by atoms with Gasteiger partial charge in [-0.2, -0.15) is 0 Å². The number of nitrogens with zero attached hydrogens (tertiary/aromatic N) is 1. The van der Waals surface area contributed by atoms with Gasteiger partial charge in [-0.15, -0.1) is 0 Å². The molecule has 2 N–H and O–H groups in total. The molecule has 0 spiro atoms. The highest BCUT2D eigenvalue weighted by Gasteiger charge is 2.23. The van der Waals surface area contributed by atoms with Gasteiger partial charge in [-0.25, -0.2) is 0 Å². The molecule has 1 fully saturated rings. The molecule has 0 atom stereocenters. The first-order valence-electron chi connectivity index (χ1n) is 9.99. The van der Waals surface area contributed by atoms with Gasteiger partial charge in [0.2, 0.25) is 0 Å². The Morgan fingerprint density at radius 1 is 1.04 bits per heavy atom. The van der Waals surface area contributed by atoms with E-state index in [1.165, 1.54) is 21.7 Å². The van der Waals surface area contributed by atoms with Crippen molar-refractivity contribution in [1.82, 2.24) is 0 Å². The third-order valence-electron chi connectivity index (χ3n) is 5.53. The van der Waals surface area contributed by atoms with Gasteiger partial charge in [-0.3, -0.25) is 4.79 Å². The zero-order valence-corrected chi connectivity index (χ0v) is 17.0. The van der Waals surface area contributed by atoms with Crippen molar-refractivity contribution < 1.29 is 9.69 Å². The molecule has 0 unspecified atom stereocenters. The molecule has 1 saturated heterocycles. The van der Waals surface area contributed by atoms with Crippen LogP contribution in [0.15, 0.2) is 42.5 Å². The van der Waals surface area contributed by atoms with E-state index in [1.54, 1.807) is 0 Å². The molecule has 4 nitrogen and oxygen atoms in total. The second-order valence-electron chi connectivity index (χ2n) is 7.94. The summed E-state index contributed by atoms with van der Waals surface area (Å²) in [6.07, 6.45) is 0. The number of hydrogen-bond acceptors (Lipinski definition) is 2. The van der Waals surface area contributed by atoms with Crippen LogP contribution in [-0.2, 0) is 4.79 Å². The normalized spacial score (nSPS) is 15.2. The van der Waals surface area contributed by atoms with Crippen molar-refractivity contribution in [1.29, 1.82) is 0 Å². The Hall–Kier alpha value is -2.33. The first kappa shape index (κ1) is 19.4. The van der Waals surface area contributed by atoms with Crippen molar-refractivity contribution in [2.24, 2.45) is 0 Å². The fraction of sp³-hybridized carbons (Fsp3) is 0.435. The van der Waals surface area contributed by atoms with Crippen LogP contribution >= 0.6 is 0 Å². The van der Waals surface area contributed by atoms with Crippen molar-refractivity contribution in [3.63, 3.8) is 0 Å². The molecule has 0 saturated carbocycles. The topological polar surface area (TPSA) is 36.8 Å². The third-order valence-corrected chi connectivity index (χ3v) is 5.53. The summed E-state index contributed by atoms with van der Waals surface area (Å²) in [6.45, 7) is 13.1. The number of piperazine rings is 1. The molecule has 1 aliphatic heterocycles. The first-order valence-corrected chi connectivity index (χ1v) is 9.99. The van der Waals surface area contributed by atoms with E-state index in [2.05, 4.69) is 80.4 Å². The van der Waals surface area contributed by atoms with Crippen LogP contribution in [0.4, 0.5) is 11.4 Å². The van der Waals surface area contributed by atoms with Gasteiger partial charge in [0.05, 0.1) is 26.2 Å². The van der Waals surface area contributed by atoms with E-state index in [4.69, 9.17) is 0 Å². The average molecular weight is 367 g/mol. The molecule has 0 radical (unpaired) electrons. The highest BCUT2D eigenvalue weighted by atomic mass is 16.2. The van der Waals surface area contributed by atoms with Crippen molar-refractivity contribution >= 4 is 17.3 Å². The Bertz CT molecular complexity index is 792. The van der Waals surface area contributed by atoms with Crippen molar-refractivity contribution in [3.05, 3.63) is 59.2 Å². The number of nitrogens with one attached hydrogen (secondary N) is 2. The number of quaternary nitrogens is 1. The molecular formula is C23H32N3O+. The van der Waals surface area contributed by atoms with Crippen molar-refractivity contribution in [2.45, 2.75) is 33.6 Å². The van der Waals surface area contributed by atoms with Crippen LogP contribution in [0.3, 0.4) is 0 Å². The van der Waals surface area contributed by atoms with E-state index in [1.807, 2.05) is 0 Å². The molecule has 1 amide bonds. The number of anilines is 2. The van der Waals surface area contributed by atoms with E-state index in [0.717, 1.165) is 37.4 Å². The van der Waals surface area contributed by atoms with Crippen LogP contribution in [0, 0.1) is 13.8 Å². The minimum atomic E-state index is 0.116. The van der Waals surface area contributed by atoms with Gasteiger partial charge in [-0.05, 0) is 42.5 Å². The highest BCUT2D eigenvalue weighted by molar-refractivity contribution is 5.93. The Morgan fingerprint density at radius 2 is 1.70 bits per heavy atom. The van der Waals surface area contributed by atoms with Gasteiger partial charge in [0.25, 0.3) is 5.91 Å². The maximum absolute atomic E-state index is 12.7.